The molecule has 0 bridgehead atoms. The number of hydrogen-bond acceptors (Lipinski definition) is 1. The van der Waals surface area contributed by atoms with Crippen LogP contribution >= 0.6 is 7.92 Å². The number of methoxy groups -OCH3 is 1. The van der Waals surface area contributed by atoms with Gasteiger partial charge in [0.1, 0.15) is 0 Å². The number of ether oxygens (including phenoxy) is 1. The summed E-state index contributed by atoms with van der Waals surface area (Å²) in [5, 5.41) is 0. The van der Waals surface area contributed by atoms with Gasteiger partial charge in [0.2, 0.25) is 0 Å². The Bertz CT molecular complexity index is 197. The standard InChI is InChI=1S/C10H20.C3H5O.C3H9P.CO.Fe/c1-6-7(2)9(4)10(5)8(6)3;1-3-4-2;1-4(2)3;1-2;/h6-10H,1-5H3;1H2,2H3;1-3H3;;/q;-1;;;+2. The Morgan fingerprint density at radius 2 is 0.952 bits per heavy atom. The van der Waals surface area contributed by atoms with Crippen LogP contribution in [0.2, 0.25) is 0 Å². The Morgan fingerprint density at radius 3 is 1.00 bits per heavy atom. The molecule has 0 amide bonds. The maximum Gasteiger partial charge on any atom is 2.00 e. The molecule has 126 valence electrons. The molecule has 0 aromatic rings. The SMILES string of the molecule is C=[C-]OC.CC1C(C)C(C)C(C)C1C.CP(C)C.[C-]#[O+].[Fe+2]. The largest absolute Gasteiger partial charge is 2.00 e. The molecule has 0 N–H and O–H groups in total. The number of rotatable bonds is 1. The van der Waals surface area contributed by atoms with E-state index in [9.17, 15) is 0 Å². The van der Waals surface area contributed by atoms with E-state index in [1.165, 1.54) is 7.11 Å². The Balaban J connectivity index is -0.000000112. The average Bonchev–Trinajstić information content (AvgIpc) is 2.59. The van der Waals surface area contributed by atoms with Crippen molar-refractivity contribution in [3.05, 3.63) is 19.5 Å². The van der Waals surface area contributed by atoms with Crippen molar-refractivity contribution in [3.8, 4) is 0 Å². The van der Waals surface area contributed by atoms with E-state index in [1.54, 1.807) is 0 Å². The molecule has 1 aliphatic carbocycles. The maximum atomic E-state index is 7.50. The molecule has 21 heavy (non-hydrogen) atoms. The molecule has 0 heterocycles. The first-order chi connectivity index (χ1) is 9.20. The minimum atomic E-state index is 0. The minimum Gasteiger partial charge on any atom is 2.00 e. The normalized spacial score (nSPS) is 29.2. The van der Waals surface area contributed by atoms with Gasteiger partial charge < -0.3 is 11.0 Å². The summed E-state index contributed by atoms with van der Waals surface area (Å²) in [7, 11) is 1.89. The van der Waals surface area contributed by atoms with Gasteiger partial charge in [-0.3, -0.25) is 0 Å². The van der Waals surface area contributed by atoms with Crippen LogP contribution in [0.1, 0.15) is 34.6 Å². The van der Waals surface area contributed by atoms with Gasteiger partial charge in [0.25, 0.3) is 0 Å². The van der Waals surface area contributed by atoms with Gasteiger partial charge in [0, 0.05) is 7.11 Å². The summed E-state index contributed by atoms with van der Waals surface area (Å²) in [6.45, 7) is 26.3. The zero-order chi connectivity index (χ0) is 16.9. The third kappa shape index (κ3) is 14.9. The predicted molar refractivity (Wildman–Crippen MR) is 90.3 cm³/mol. The molecule has 0 aromatic heterocycles. The Morgan fingerprint density at radius 1 is 0.857 bits per heavy atom. The molecule has 0 atom stereocenters. The predicted octanol–water partition coefficient (Wildman–Crippen LogP) is 5.08. The Hall–Kier alpha value is 0.229. The van der Waals surface area contributed by atoms with Crippen LogP contribution in [0.25, 0.3) is 0 Å². The van der Waals surface area contributed by atoms with Crippen LogP contribution < -0.4 is 0 Å². The summed E-state index contributed by atoms with van der Waals surface area (Å²) in [5.41, 5.74) is 0. The third-order valence-electron chi connectivity index (χ3n) is 4.29. The van der Waals surface area contributed by atoms with Gasteiger partial charge in [-0.15, -0.1) is 7.92 Å². The third-order valence-corrected chi connectivity index (χ3v) is 4.29. The fraction of sp³-hybridized carbons (Fsp3) is 0.824. The zero-order valence-corrected chi connectivity index (χ0v) is 17.2. The van der Waals surface area contributed by atoms with Crippen LogP contribution in [0.5, 0.6) is 0 Å². The van der Waals surface area contributed by atoms with Crippen LogP contribution in [0, 0.1) is 42.5 Å². The summed E-state index contributed by atoms with van der Waals surface area (Å²) in [5.74, 6) is 4.68. The molecule has 1 rings (SSSR count). The van der Waals surface area contributed by atoms with Gasteiger partial charge in [0.05, 0.1) is 0 Å². The molecule has 1 aliphatic rings. The summed E-state index contributed by atoms with van der Waals surface area (Å²) < 4.78 is 11.7. The van der Waals surface area contributed by atoms with Gasteiger partial charge >= 0.3 is 28.4 Å². The second kappa shape index (κ2) is 18.3. The minimum absolute atomic E-state index is 0. The van der Waals surface area contributed by atoms with Crippen LogP contribution in [0.3, 0.4) is 0 Å². The Kier molecular flexibility index (Phi) is 25.5. The zero-order valence-electron chi connectivity index (χ0n) is 15.2. The van der Waals surface area contributed by atoms with E-state index in [-0.39, 0.29) is 17.1 Å². The van der Waals surface area contributed by atoms with Crippen molar-refractivity contribution in [2.45, 2.75) is 34.6 Å². The fourth-order valence-electron chi connectivity index (χ4n) is 2.39. The van der Waals surface area contributed by atoms with Gasteiger partial charge in [-0.25, -0.2) is 6.58 Å². The topological polar surface area (TPSA) is 29.1 Å². The monoisotopic (exact) mass is 357 g/mol. The quantitative estimate of drug-likeness (QED) is 0.212. The molecule has 4 heteroatoms. The molecule has 2 nitrogen and oxygen atoms in total. The second-order valence-electron chi connectivity index (χ2n) is 5.99. The van der Waals surface area contributed by atoms with Gasteiger partial charge in [-0.2, -0.15) is 0 Å². The molecule has 0 saturated heterocycles. The molecule has 1 fully saturated rings. The van der Waals surface area contributed by atoms with Gasteiger partial charge in [-0.1, -0.05) is 34.6 Å². The van der Waals surface area contributed by atoms with Crippen LogP contribution in [0.4, 0.5) is 0 Å². The van der Waals surface area contributed by atoms with Crippen molar-refractivity contribution in [3.63, 3.8) is 0 Å². The van der Waals surface area contributed by atoms with Crippen molar-refractivity contribution in [1.82, 2.24) is 0 Å². The van der Waals surface area contributed by atoms with E-state index in [2.05, 4.69) is 78.8 Å². The first-order valence-corrected chi connectivity index (χ1v) is 9.75. The summed E-state index contributed by atoms with van der Waals surface area (Å²) in [4.78, 5) is 0. The summed E-state index contributed by atoms with van der Waals surface area (Å²) in [6.07, 6.45) is 2.18. The van der Waals surface area contributed by atoms with E-state index in [4.69, 9.17) is 4.65 Å². The van der Waals surface area contributed by atoms with Crippen molar-refractivity contribution in [2.75, 3.05) is 27.1 Å². The molecule has 0 unspecified atom stereocenters. The van der Waals surface area contributed by atoms with E-state index in [0.29, 0.717) is 7.92 Å². The number of hydrogen-bond donors (Lipinski definition) is 0. The molecular weight excluding hydrogens is 323 g/mol. The maximum absolute atomic E-state index is 7.50. The van der Waals surface area contributed by atoms with Gasteiger partial charge in [0.15, 0.2) is 0 Å². The second-order valence-corrected chi connectivity index (χ2v) is 8.67. The first kappa shape index (κ1) is 29.3. The van der Waals surface area contributed by atoms with Crippen LogP contribution in [-0.2, 0) is 26.5 Å². The van der Waals surface area contributed by atoms with Gasteiger partial charge in [-0.05, 0) is 49.6 Å². The molecular formula is C17H34FeO2P+. The van der Waals surface area contributed by atoms with Crippen LogP contribution in [0.15, 0.2) is 6.58 Å². The molecule has 0 aromatic carbocycles. The Labute approximate surface area is 145 Å². The van der Waals surface area contributed by atoms with Crippen LogP contribution in [-0.4, -0.2) is 27.1 Å². The molecule has 1 saturated carbocycles. The first-order valence-electron chi connectivity index (χ1n) is 7.07. The molecule has 0 aliphatic heterocycles. The van der Waals surface area contributed by atoms with E-state index < -0.39 is 0 Å². The van der Waals surface area contributed by atoms with Crippen molar-refractivity contribution >= 4 is 7.92 Å². The molecule has 0 spiro atoms. The van der Waals surface area contributed by atoms with E-state index in [0.717, 1.165) is 29.6 Å². The fourth-order valence-corrected chi connectivity index (χ4v) is 2.39. The van der Waals surface area contributed by atoms with E-state index >= 15 is 0 Å². The smallest absolute Gasteiger partial charge is 2.00 e. The summed E-state index contributed by atoms with van der Waals surface area (Å²) in [6, 6.07) is 0. The van der Waals surface area contributed by atoms with Crippen molar-refractivity contribution < 1.29 is 26.5 Å². The van der Waals surface area contributed by atoms with E-state index in [1.807, 2.05) is 0 Å². The molecule has 0 radical (unpaired) electrons. The van der Waals surface area contributed by atoms with Crippen molar-refractivity contribution in [1.29, 1.82) is 0 Å². The summed E-state index contributed by atoms with van der Waals surface area (Å²) >= 11 is 0. The van der Waals surface area contributed by atoms with Crippen molar-refractivity contribution in [2.24, 2.45) is 29.6 Å². The average molecular weight is 357 g/mol.